The van der Waals surface area contributed by atoms with Crippen molar-refractivity contribution < 1.29 is 41.7 Å². The molecule has 0 amide bonds. The first kappa shape index (κ1) is 26.9. The molecule has 10 nitrogen and oxygen atoms in total. The van der Waals surface area contributed by atoms with Crippen molar-refractivity contribution in [1.82, 2.24) is 0 Å². The maximum atomic E-state index is 10.4. The zero-order chi connectivity index (χ0) is 26.4. The van der Waals surface area contributed by atoms with Crippen molar-refractivity contribution in [3.8, 4) is 0 Å². The molecule has 0 radical (unpaired) electrons. The van der Waals surface area contributed by atoms with Gasteiger partial charge in [-0.05, 0) is 19.1 Å². The number of aryl methyl sites for hydroxylation is 1. The van der Waals surface area contributed by atoms with E-state index in [2.05, 4.69) is 5.16 Å². The number of rotatable bonds is 4. The van der Waals surface area contributed by atoms with Crippen LogP contribution in [-0.4, -0.2) is 56.1 Å². The van der Waals surface area contributed by atoms with Crippen LogP contribution in [0.1, 0.15) is 23.5 Å². The van der Waals surface area contributed by atoms with Crippen LogP contribution >= 0.6 is 0 Å². The Morgan fingerprint density at radius 1 is 1.00 bits per heavy atom. The molecule has 0 saturated carbocycles. The van der Waals surface area contributed by atoms with Crippen LogP contribution in [0.4, 0.5) is 0 Å². The quantitative estimate of drug-likeness (QED) is 0.237. The molecular formula is C26H28N2O8S. The van der Waals surface area contributed by atoms with E-state index in [-0.39, 0.29) is 4.90 Å². The summed E-state index contributed by atoms with van der Waals surface area (Å²) in [6, 6.07) is 20.7. The second-order valence-corrected chi connectivity index (χ2v) is 9.85. The van der Waals surface area contributed by atoms with Gasteiger partial charge in [0.15, 0.2) is 24.4 Å². The van der Waals surface area contributed by atoms with Gasteiger partial charge < -0.3 is 28.7 Å². The minimum atomic E-state index is -4.27. The third kappa shape index (κ3) is 6.39. The Labute approximate surface area is 215 Å². The fourth-order valence-corrected chi connectivity index (χ4v) is 4.61. The van der Waals surface area contributed by atoms with Crippen molar-refractivity contribution in [1.29, 1.82) is 0 Å². The molecule has 196 valence electrons. The Morgan fingerprint density at radius 2 is 1.65 bits per heavy atom. The average molecular weight is 529 g/mol. The second-order valence-electron chi connectivity index (χ2n) is 8.47. The highest BCUT2D eigenvalue weighted by Crippen LogP contribution is 2.35. The van der Waals surface area contributed by atoms with Gasteiger partial charge in [-0.3, -0.25) is 0 Å². The summed E-state index contributed by atoms with van der Waals surface area (Å²) in [4.78, 5) is -0.178. The minimum absolute atomic E-state index is 0.178. The van der Waals surface area contributed by atoms with E-state index in [0.717, 1.165) is 11.1 Å². The lowest BCUT2D eigenvalue weighted by molar-refractivity contribution is -0.724. The van der Waals surface area contributed by atoms with Crippen LogP contribution in [0.5, 0.6) is 0 Å². The van der Waals surface area contributed by atoms with Crippen molar-refractivity contribution in [2.75, 3.05) is 13.7 Å². The lowest BCUT2D eigenvalue weighted by Gasteiger charge is -2.42. The Morgan fingerprint density at radius 3 is 2.24 bits per heavy atom. The molecule has 5 atom stereocenters. The smallest absolute Gasteiger partial charge is 0.252 e. The molecule has 2 aliphatic heterocycles. The summed E-state index contributed by atoms with van der Waals surface area (Å²) in [5.41, 5.74) is 2.28. The largest absolute Gasteiger partial charge is 0.744 e. The molecule has 3 aromatic rings. The van der Waals surface area contributed by atoms with Gasteiger partial charge in [0.1, 0.15) is 22.3 Å². The van der Waals surface area contributed by atoms with Gasteiger partial charge in [-0.25, -0.2) is 8.42 Å². The van der Waals surface area contributed by atoms with Crippen LogP contribution in [0.2, 0.25) is 0 Å². The summed E-state index contributed by atoms with van der Waals surface area (Å²) in [5.74, 6) is 0. The van der Waals surface area contributed by atoms with Gasteiger partial charge in [0, 0.05) is 24.8 Å². The number of methoxy groups -OCH3 is 1. The van der Waals surface area contributed by atoms with Crippen molar-refractivity contribution in [3.63, 3.8) is 0 Å². The Hall–Kier alpha value is -3.19. The third-order valence-corrected chi connectivity index (χ3v) is 6.82. The summed E-state index contributed by atoms with van der Waals surface area (Å²) < 4.78 is 56.5. The maximum absolute atomic E-state index is 10.4. The number of ether oxygens (including phenoxy) is 4. The van der Waals surface area contributed by atoms with Gasteiger partial charge in [0.25, 0.3) is 6.04 Å². The fourth-order valence-electron chi connectivity index (χ4n) is 4.14. The van der Waals surface area contributed by atoms with Crippen molar-refractivity contribution in [2.24, 2.45) is 5.16 Å². The summed E-state index contributed by atoms with van der Waals surface area (Å²) in [5, 5.41) is 13.3. The Balaban J connectivity index is 0.000000245. The molecule has 0 bridgehead atoms. The molecule has 2 saturated heterocycles. The standard InChI is InChI=1S/C19H20N2O5.C7H8O3S/c1-23-19-16(21-10-6-3-7-11-21)15(20-22)17-14(25-19)12-24-18(26-17)13-8-4-2-5-9-13;1-6-2-4-7(5-3-6)11(8,9)10/h2-11,14,16-19H,12H2,1H3;2-5H,1H3,(H,8,9,10)/t14-,16-,17-,18?,19+;/m1./s1. The van der Waals surface area contributed by atoms with E-state index in [1.165, 1.54) is 12.1 Å². The first-order valence-electron chi connectivity index (χ1n) is 11.5. The molecule has 3 heterocycles. The zero-order valence-electron chi connectivity index (χ0n) is 20.3. The Bertz CT molecular complexity index is 1290. The lowest BCUT2D eigenvalue weighted by atomic mass is 9.96. The monoisotopic (exact) mass is 528 g/mol. The summed E-state index contributed by atoms with van der Waals surface area (Å²) in [6.45, 7) is 2.14. The van der Waals surface area contributed by atoms with E-state index in [9.17, 15) is 18.2 Å². The highest BCUT2D eigenvalue weighted by Gasteiger charge is 2.52. The van der Waals surface area contributed by atoms with E-state index in [1.54, 1.807) is 19.2 Å². The van der Waals surface area contributed by atoms with Crippen LogP contribution in [0.25, 0.3) is 0 Å². The molecule has 0 spiro atoms. The molecule has 2 fully saturated rings. The number of hydrogen-bond acceptors (Lipinski definition) is 9. The van der Waals surface area contributed by atoms with Gasteiger partial charge in [0.2, 0.25) is 6.29 Å². The SMILES string of the molecule is CO[C@H]1O[C@@H]2COC(c3ccccc3)O[C@H]2C(=NO)[C@H]1[n+]1ccccc1.Cc1ccc(S(=O)(=O)[O-])cc1. The summed E-state index contributed by atoms with van der Waals surface area (Å²) in [6.07, 6.45) is 1.64. The predicted octanol–water partition coefficient (Wildman–Crippen LogP) is 2.73. The van der Waals surface area contributed by atoms with Crippen LogP contribution in [0, 0.1) is 6.92 Å². The molecule has 1 unspecified atom stereocenters. The average Bonchev–Trinajstić information content (AvgIpc) is 2.92. The topological polar surface area (TPSA) is 131 Å². The predicted molar refractivity (Wildman–Crippen MR) is 130 cm³/mol. The number of oxime groups is 1. The van der Waals surface area contributed by atoms with Gasteiger partial charge in [-0.1, -0.05) is 59.3 Å². The van der Waals surface area contributed by atoms with E-state index in [0.29, 0.717) is 12.3 Å². The lowest BCUT2D eigenvalue weighted by Crippen LogP contribution is -2.63. The van der Waals surface area contributed by atoms with Gasteiger partial charge in [-0.2, -0.15) is 4.57 Å². The van der Waals surface area contributed by atoms with Gasteiger partial charge in [0.05, 0.1) is 11.5 Å². The molecule has 11 heteroatoms. The van der Waals surface area contributed by atoms with E-state index >= 15 is 0 Å². The third-order valence-electron chi connectivity index (χ3n) is 5.97. The Kier molecular flexibility index (Phi) is 8.64. The van der Waals surface area contributed by atoms with Crippen molar-refractivity contribution >= 4 is 15.8 Å². The molecule has 37 heavy (non-hydrogen) atoms. The van der Waals surface area contributed by atoms with E-state index in [1.807, 2.05) is 72.4 Å². The van der Waals surface area contributed by atoms with E-state index < -0.39 is 40.9 Å². The summed E-state index contributed by atoms with van der Waals surface area (Å²) in [7, 11) is -2.71. The number of benzene rings is 2. The maximum Gasteiger partial charge on any atom is 0.252 e. The van der Waals surface area contributed by atoms with Crippen LogP contribution in [-0.2, 0) is 29.1 Å². The van der Waals surface area contributed by atoms with Crippen LogP contribution in [0.3, 0.4) is 0 Å². The molecule has 1 N–H and O–H groups in total. The number of nitrogens with zero attached hydrogens (tertiary/aromatic N) is 2. The number of aromatic nitrogens is 1. The minimum Gasteiger partial charge on any atom is -0.744 e. The van der Waals surface area contributed by atoms with Crippen molar-refractivity contribution in [2.45, 2.75) is 42.6 Å². The summed E-state index contributed by atoms with van der Waals surface area (Å²) >= 11 is 0. The zero-order valence-corrected chi connectivity index (χ0v) is 21.1. The highest BCUT2D eigenvalue weighted by molar-refractivity contribution is 7.85. The number of hydrogen-bond donors (Lipinski definition) is 1. The first-order chi connectivity index (χ1) is 17.8. The number of pyridine rings is 1. The van der Waals surface area contributed by atoms with Crippen LogP contribution in [0.15, 0.2) is 95.2 Å². The van der Waals surface area contributed by atoms with E-state index in [4.69, 9.17) is 18.9 Å². The normalized spacial score (nSPS) is 26.6. The van der Waals surface area contributed by atoms with Gasteiger partial charge >= 0.3 is 0 Å². The van der Waals surface area contributed by atoms with Crippen molar-refractivity contribution in [3.05, 3.63) is 96.3 Å². The van der Waals surface area contributed by atoms with Gasteiger partial charge in [-0.15, -0.1) is 0 Å². The molecule has 2 aromatic carbocycles. The molecule has 5 rings (SSSR count). The molecular weight excluding hydrogens is 500 g/mol. The highest BCUT2D eigenvalue weighted by atomic mass is 32.2. The molecule has 0 aliphatic carbocycles. The van der Waals surface area contributed by atoms with Crippen LogP contribution < -0.4 is 4.57 Å². The molecule has 1 aromatic heterocycles. The second kappa shape index (κ2) is 11.9. The molecule has 2 aliphatic rings. The fraction of sp³-hybridized carbons (Fsp3) is 0.308. The number of fused-ring (bicyclic) bond motifs is 1. The first-order valence-corrected chi connectivity index (χ1v) is 12.9.